The molecule has 2 aliphatic carbocycles. The SMILES string of the molecule is CCCC(=O)O[C@H]1C[C@H]2C=C[C@@H]1C2C(=O)OC. The molecule has 94 valence electrons. The van der Waals surface area contributed by atoms with Gasteiger partial charge in [-0.25, -0.2) is 0 Å². The minimum atomic E-state index is -0.195. The smallest absolute Gasteiger partial charge is 0.310 e. The summed E-state index contributed by atoms with van der Waals surface area (Å²) in [6.45, 7) is 1.94. The Morgan fingerprint density at radius 1 is 1.35 bits per heavy atom. The molecule has 0 radical (unpaired) electrons. The van der Waals surface area contributed by atoms with Gasteiger partial charge in [-0.15, -0.1) is 0 Å². The summed E-state index contributed by atoms with van der Waals surface area (Å²) in [5.41, 5.74) is 0. The van der Waals surface area contributed by atoms with Gasteiger partial charge in [-0.05, 0) is 18.8 Å². The molecular formula is C13H18O4. The van der Waals surface area contributed by atoms with Crippen molar-refractivity contribution < 1.29 is 19.1 Å². The highest BCUT2D eigenvalue weighted by Gasteiger charge is 2.50. The number of carbonyl (C=O) groups is 2. The summed E-state index contributed by atoms with van der Waals surface area (Å²) < 4.78 is 10.2. The van der Waals surface area contributed by atoms with E-state index in [9.17, 15) is 9.59 Å². The molecule has 0 N–H and O–H groups in total. The number of fused-ring (bicyclic) bond motifs is 2. The molecule has 4 heteroatoms. The summed E-state index contributed by atoms with van der Waals surface area (Å²) in [4.78, 5) is 23.1. The molecule has 0 aromatic carbocycles. The van der Waals surface area contributed by atoms with E-state index in [0.29, 0.717) is 6.42 Å². The van der Waals surface area contributed by atoms with E-state index >= 15 is 0 Å². The van der Waals surface area contributed by atoms with Crippen LogP contribution >= 0.6 is 0 Å². The van der Waals surface area contributed by atoms with Crippen LogP contribution < -0.4 is 0 Å². The normalized spacial score (nSPS) is 33.8. The maximum Gasteiger partial charge on any atom is 0.310 e. The Morgan fingerprint density at radius 2 is 2.12 bits per heavy atom. The van der Waals surface area contributed by atoms with Crippen molar-refractivity contribution in [1.29, 1.82) is 0 Å². The molecule has 0 spiro atoms. The topological polar surface area (TPSA) is 52.6 Å². The molecule has 0 aromatic heterocycles. The molecule has 2 rings (SSSR count). The highest BCUT2D eigenvalue weighted by Crippen LogP contribution is 2.46. The van der Waals surface area contributed by atoms with Gasteiger partial charge in [-0.3, -0.25) is 9.59 Å². The molecule has 4 nitrogen and oxygen atoms in total. The number of esters is 2. The second kappa shape index (κ2) is 4.90. The average molecular weight is 238 g/mol. The van der Waals surface area contributed by atoms with Crippen molar-refractivity contribution in [2.75, 3.05) is 7.11 Å². The zero-order chi connectivity index (χ0) is 12.4. The first-order valence-electron chi connectivity index (χ1n) is 6.13. The fourth-order valence-electron chi connectivity index (χ4n) is 2.83. The van der Waals surface area contributed by atoms with Crippen molar-refractivity contribution >= 4 is 11.9 Å². The van der Waals surface area contributed by atoms with Crippen LogP contribution in [-0.4, -0.2) is 25.2 Å². The van der Waals surface area contributed by atoms with Gasteiger partial charge in [0.2, 0.25) is 0 Å². The third-order valence-corrected chi connectivity index (χ3v) is 3.60. The van der Waals surface area contributed by atoms with E-state index in [-0.39, 0.29) is 35.8 Å². The van der Waals surface area contributed by atoms with Crippen molar-refractivity contribution in [1.82, 2.24) is 0 Å². The van der Waals surface area contributed by atoms with Gasteiger partial charge in [0.05, 0.1) is 13.0 Å². The van der Waals surface area contributed by atoms with Gasteiger partial charge in [0, 0.05) is 12.3 Å². The van der Waals surface area contributed by atoms with Gasteiger partial charge in [-0.2, -0.15) is 0 Å². The van der Waals surface area contributed by atoms with Crippen molar-refractivity contribution in [2.24, 2.45) is 17.8 Å². The van der Waals surface area contributed by atoms with Crippen LogP contribution in [0.3, 0.4) is 0 Å². The second-order valence-corrected chi connectivity index (χ2v) is 4.69. The minimum absolute atomic E-state index is 0.00764. The maximum atomic E-state index is 11.6. The largest absolute Gasteiger partial charge is 0.469 e. The summed E-state index contributed by atoms with van der Waals surface area (Å²) in [7, 11) is 1.40. The highest BCUT2D eigenvalue weighted by molar-refractivity contribution is 5.75. The zero-order valence-electron chi connectivity index (χ0n) is 10.2. The number of carbonyl (C=O) groups excluding carboxylic acids is 2. The van der Waals surface area contributed by atoms with E-state index in [4.69, 9.17) is 9.47 Å². The summed E-state index contributed by atoms with van der Waals surface area (Å²) >= 11 is 0. The Hall–Kier alpha value is -1.32. The minimum Gasteiger partial charge on any atom is -0.469 e. The highest BCUT2D eigenvalue weighted by atomic mass is 16.5. The molecule has 2 aliphatic rings. The van der Waals surface area contributed by atoms with Crippen molar-refractivity contribution in [3.05, 3.63) is 12.2 Å². The Morgan fingerprint density at radius 3 is 2.76 bits per heavy atom. The monoisotopic (exact) mass is 238 g/mol. The van der Waals surface area contributed by atoms with E-state index in [2.05, 4.69) is 0 Å². The van der Waals surface area contributed by atoms with Gasteiger partial charge in [0.1, 0.15) is 6.10 Å². The van der Waals surface area contributed by atoms with Crippen LogP contribution in [0.5, 0.6) is 0 Å². The molecule has 0 aliphatic heterocycles. The van der Waals surface area contributed by atoms with Crippen LogP contribution in [0.1, 0.15) is 26.2 Å². The third kappa shape index (κ3) is 2.21. The van der Waals surface area contributed by atoms with Crippen LogP contribution in [0.4, 0.5) is 0 Å². The van der Waals surface area contributed by atoms with Gasteiger partial charge in [0.15, 0.2) is 0 Å². The summed E-state index contributed by atoms with van der Waals surface area (Å²) in [6, 6.07) is 0. The summed E-state index contributed by atoms with van der Waals surface area (Å²) in [6.07, 6.45) is 5.86. The first kappa shape index (κ1) is 12.1. The lowest BCUT2D eigenvalue weighted by Gasteiger charge is -2.19. The van der Waals surface area contributed by atoms with E-state index in [1.165, 1.54) is 7.11 Å². The zero-order valence-corrected chi connectivity index (χ0v) is 10.2. The van der Waals surface area contributed by atoms with Gasteiger partial charge < -0.3 is 9.47 Å². The van der Waals surface area contributed by atoms with Crippen molar-refractivity contribution in [2.45, 2.75) is 32.3 Å². The third-order valence-electron chi connectivity index (χ3n) is 3.60. The van der Waals surface area contributed by atoms with Crippen molar-refractivity contribution in [3.63, 3.8) is 0 Å². The molecular weight excluding hydrogens is 220 g/mol. The molecule has 0 heterocycles. The van der Waals surface area contributed by atoms with E-state index in [0.717, 1.165) is 12.8 Å². The molecule has 4 atom stereocenters. The maximum absolute atomic E-state index is 11.6. The summed E-state index contributed by atoms with van der Waals surface area (Å²) in [5, 5.41) is 0. The Kier molecular flexibility index (Phi) is 3.50. The fraction of sp³-hybridized carbons (Fsp3) is 0.692. The lowest BCUT2D eigenvalue weighted by Crippen LogP contribution is -2.27. The number of hydrogen-bond donors (Lipinski definition) is 0. The van der Waals surface area contributed by atoms with Crippen LogP contribution in [0.2, 0.25) is 0 Å². The van der Waals surface area contributed by atoms with Gasteiger partial charge in [0.25, 0.3) is 0 Å². The fourth-order valence-corrected chi connectivity index (χ4v) is 2.83. The lowest BCUT2D eigenvalue weighted by molar-refractivity contribution is -0.153. The van der Waals surface area contributed by atoms with Crippen LogP contribution in [0, 0.1) is 17.8 Å². The first-order chi connectivity index (χ1) is 8.17. The van der Waals surface area contributed by atoms with Gasteiger partial charge in [-0.1, -0.05) is 19.1 Å². The predicted molar refractivity (Wildman–Crippen MR) is 61.0 cm³/mol. The Balaban J connectivity index is 1.98. The molecule has 0 amide bonds. The number of ether oxygens (including phenoxy) is 2. The van der Waals surface area contributed by atoms with E-state index < -0.39 is 0 Å². The van der Waals surface area contributed by atoms with E-state index in [1.54, 1.807) is 0 Å². The predicted octanol–water partition coefficient (Wildman–Crippen LogP) is 1.69. The standard InChI is InChI=1S/C13H18O4/c1-3-4-11(14)17-10-7-8-5-6-9(10)12(8)13(15)16-2/h5-6,8-10,12H,3-4,7H2,1-2H3/t8-,9+,10+,12?/m1/s1. The van der Waals surface area contributed by atoms with Gasteiger partial charge >= 0.3 is 11.9 Å². The Bertz CT molecular complexity index is 347. The molecule has 0 saturated heterocycles. The molecule has 17 heavy (non-hydrogen) atoms. The van der Waals surface area contributed by atoms with Crippen molar-refractivity contribution in [3.8, 4) is 0 Å². The molecule has 1 fully saturated rings. The molecule has 1 unspecified atom stereocenters. The number of allylic oxidation sites excluding steroid dienone is 1. The van der Waals surface area contributed by atoms with Crippen LogP contribution in [0.15, 0.2) is 12.2 Å². The molecule has 2 bridgehead atoms. The van der Waals surface area contributed by atoms with Crippen LogP contribution in [-0.2, 0) is 19.1 Å². The Labute approximate surface area is 101 Å². The number of hydrogen-bond acceptors (Lipinski definition) is 4. The number of rotatable bonds is 4. The molecule has 0 aromatic rings. The average Bonchev–Trinajstić information content (AvgIpc) is 2.85. The second-order valence-electron chi connectivity index (χ2n) is 4.69. The quantitative estimate of drug-likeness (QED) is 0.552. The van der Waals surface area contributed by atoms with Crippen LogP contribution in [0.25, 0.3) is 0 Å². The summed E-state index contributed by atoms with van der Waals surface area (Å²) in [5.74, 6) is -0.333. The van der Waals surface area contributed by atoms with E-state index in [1.807, 2.05) is 19.1 Å². The lowest BCUT2D eigenvalue weighted by atomic mass is 9.96. The first-order valence-corrected chi connectivity index (χ1v) is 6.13. The molecule has 1 saturated carbocycles. The number of methoxy groups -OCH3 is 1.